The van der Waals surface area contributed by atoms with Gasteiger partial charge in [0.2, 0.25) is 0 Å². The lowest BCUT2D eigenvalue weighted by molar-refractivity contribution is 0.114. The Morgan fingerprint density at radius 3 is 2.47 bits per heavy atom. The fourth-order valence-electron chi connectivity index (χ4n) is 4.38. The van der Waals surface area contributed by atoms with Crippen molar-refractivity contribution < 1.29 is 4.39 Å². The van der Waals surface area contributed by atoms with Crippen molar-refractivity contribution in [1.82, 2.24) is 0 Å². The van der Waals surface area contributed by atoms with Crippen molar-refractivity contribution in [2.24, 2.45) is 27.7 Å². The van der Waals surface area contributed by atoms with Crippen LogP contribution in [0.5, 0.6) is 0 Å². The van der Waals surface area contributed by atoms with E-state index in [0.29, 0.717) is 11.3 Å². The molecule has 0 aliphatic heterocycles. The molecule has 0 N–H and O–H groups in total. The fraction of sp³-hybridized carbons (Fsp3) is 0.941. The highest BCUT2D eigenvalue weighted by Gasteiger charge is 2.49. The maximum absolute atomic E-state index is 13.2. The van der Waals surface area contributed by atoms with Crippen LogP contribution in [-0.2, 0) is 0 Å². The first-order valence-electron chi connectivity index (χ1n) is 7.99. The second kappa shape index (κ2) is 5.54. The van der Waals surface area contributed by atoms with Gasteiger partial charge >= 0.3 is 0 Å². The molecule has 0 radical (unpaired) electrons. The number of nitrogens with zero attached hydrogens (tertiary/aromatic N) is 1. The van der Waals surface area contributed by atoms with Gasteiger partial charge in [-0.3, -0.25) is 9.38 Å². The van der Waals surface area contributed by atoms with Gasteiger partial charge in [-0.05, 0) is 49.4 Å². The highest BCUT2D eigenvalue weighted by molar-refractivity contribution is 5.93. The third kappa shape index (κ3) is 2.87. The molecule has 2 atom stereocenters. The van der Waals surface area contributed by atoms with Crippen molar-refractivity contribution in [2.45, 2.75) is 65.7 Å². The molecule has 0 heterocycles. The molecule has 2 heteroatoms. The van der Waals surface area contributed by atoms with E-state index in [1.807, 2.05) is 7.05 Å². The maximum Gasteiger partial charge on any atom is 0.0945 e. The van der Waals surface area contributed by atoms with E-state index in [9.17, 15) is 4.39 Å². The summed E-state index contributed by atoms with van der Waals surface area (Å²) in [5.41, 5.74) is 1.65. The SMILES string of the molecule is CC[C@H]1C[C@@H](CC(C)(C)CF)/C(=N\C)C2(CCC2)C1. The Balaban J connectivity index is 2.19. The first kappa shape index (κ1) is 15.0. The molecule has 0 amide bonds. The van der Waals surface area contributed by atoms with Crippen LogP contribution in [-0.4, -0.2) is 19.4 Å². The van der Waals surface area contributed by atoms with E-state index in [2.05, 4.69) is 25.8 Å². The van der Waals surface area contributed by atoms with Crippen molar-refractivity contribution in [1.29, 1.82) is 0 Å². The van der Waals surface area contributed by atoms with Crippen LogP contribution < -0.4 is 0 Å². The zero-order valence-electron chi connectivity index (χ0n) is 13.1. The number of aliphatic imine (C=N–C) groups is 1. The van der Waals surface area contributed by atoms with Gasteiger partial charge in [-0.15, -0.1) is 0 Å². The first-order valence-corrected chi connectivity index (χ1v) is 7.99. The molecule has 2 rings (SSSR count). The molecule has 110 valence electrons. The molecule has 19 heavy (non-hydrogen) atoms. The summed E-state index contributed by atoms with van der Waals surface area (Å²) < 4.78 is 13.2. The third-order valence-corrected chi connectivity index (χ3v) is 5.52. The Bertz CT molecular complexity index is 341. The minimum atomic E-state index is -0.218. The number of hydrogen-bond acceptors (Lipinski definition) is 1. The Hall–Kier alpha value is -0.400. The fourth-order valence-corrected chi connectivity index (χ4v) is 4.38. The summed E-state index contributed by atoms with van der Waals surface area (Å²) in [6.07, 6.45) is 8.80. The van der Waals surface area contributed by atoms with Crippen LogP contribution in [0.25, 0.3) is 0 Å². The van der Waals surface area contributed by atoms with Gasteiger partial charge in [-0.1, -0.05) is 33.6 Å². The van der Waals surface area contributed by atoms with E-state index in [0.717, 1.165) is 12.3 Å². The number of rotatable bonds is 4. The summed E-state index contributed by atoms with van der Waals surface area (Å²) in [5, 5.41) is 0. The largest absolute Gasteiger partial charge is 0.297 e. The van der Waals surface area contributed by atoms with Crippen LogP contribution in [0.3, 0.4) is 0 Å². The lowest BCUT2D eigenvalue weighted by Crippen LogP contribution is -2.48. The van der Waals surface area contributed by atoms with Crippen molar-refractivity contribution >= 4 is 5.71 Å². The van der Waals surface area contributed by atoms with Gasteiger partial charge in [-0.2, -0.15) is 0 Å². The van der Waals surface area contributed by atoms with Crippen LogP contribution in [0.15, 0.2) is 4.99 Å². The number of alkyl halides is 1. The van der Waals surface area contributed by atoms with Gasteiger partial charge in [0.15, 0.2) is 0 Å². The lowest BCUT2D eigenvalue weighted by atomic mass is 9.53. The van der Waals surface area contributed by atoms with Gasteiger partial charge < -0.3 is 0 Å². The predicted octanol–water partition coefficient (Wildman–Crippen LogP) is 5.05. The van der Waals surface area contributed by atoms with Crippen LogP contribution >= 0.6 is 0 Å². The third-order valence-electron chi connectivity index (χ3n) is 5.52. The summed E-state index contributed by atoms with van der Waals surface area (Å²) in [6, 6.07) is 0. The Kier molecular flexibility index (Phi) is 4.37. The molecular weight excluding hydrogens is 237 g/mol. The van der Waals surface area contributed by atoms with Gasteiger partial charge in [0.1, 0.15) is 0 Å². The zero-order chi connectivity index (χ0) is 14.1. The van der Waals surface area contributed by atoms with E-state index < -0.39 is 0 Å². The van der Waals surface area contributed by atoms with E-state index in [4.69, 9.17) is 0 Å². The highest BCUT2D eigenvalue weighted by Crippen LogP contribution is 2.55. The number of hydrogen-bond donors (Lipinski definition) is 0. The van der Waals surface area contributed by atoms with E-state index >= 15 is 0 Å². The molecule has 0 aromatic rings. The van der Waals surface area contributed by atoms with Crippen molar-refractivity contribution in [3.8, 4) is 0 Å². The monoisotopic (exact) mass is 267 g/mol. The van der Waals surface area contributed by atoms with Crippen LogP contribution in [0.1, 0.15) is 65.7 Å². The lowest BCUT2D eigenvalue weighted by Gasteiger charge is -2.52. The standard InChI is InChI=1S/C17H30FN/c1-5-13-9-14(11-16(2,3)12-18)15(19-4)17(10-13)7-6-8-17/h13-14H,5-12H2,1-4H3/b19-15+/t13-,14-/m0/s1. The average Bonchev–Trinajstić information content (AvgIpc) is 2.35. The summed E-state index contributed by atoms with van der Waals surface area (Å²) in [5.74, 6) is 1.35. The first-order chi connectivity index (χ1) is 8.96. The van der Waals surface area contributed by atoms with Gasteiger partial charge in [0.05, 0.1) is 6.67 Å². The predicted molar refractivity (Wildman–Crippen MR) is 80.5 cm³/mol. The molecule has 2 aliphatic rings. The minimum Gasteiger partial charge on any atom is -0.297 e. The highest BCUT2D eigenvalue weighted by atomic mass is 19.1. The second-order valence-electron chi connectivity index (χ2n) is 7.66. The molecule has 0 bridgehead atoms. The Labute approximate surface area is 118 Å². The van der Waals surface area contributed by atoms with Gasteiger partial charge in [-0.25, -0.2) is 0 Å². The molecular formula is C17H30FN. The molecule has 0 saturated heterocycles. The number of halogens is 1. The van der Waals surface area contributed by atoms with Gasteiger partial charge in [0, 0.05) is 18.2 Å². The Morgan fingerprint density at radius 2 is 2.05 bits per heavy atom. The summed E-state index contributed by atoms with van der Waals surface area (Å²) in [6.45, 7) is 6.21. The van der Waals surface area contributed by atoms with Gasteiger partial charge in [0.25, 0.3) is 0 Å². The quantitative estimate of drug-likeness (QED) is 0.676. The molecule has 0 unspecified atom stereocenters. The Morgan fingerprint density at radius 1 is 1.37 bits per heavy atom. The molecule has 2 saturated carbocycles. The van der Waals surface area contributed by atoms with Crippen molar-refractivity contribution in [3.05, 3.63) is 0 Å². The topological polar surface area (TPSA) is 12.4 Å². The van der Waals surface area contributed by atoms with Crippen LogP contribution in [0, 0.1) is 22.7 Å². The second-order valence-corrected chi connectivity index (χ2v) is 7.66. The van der Waals surface area contributed by atoms with Crippen LogP contribution in [0.2, 0.25) is 0 Å². The molecule has 1 nitrogen and oxygen atoms in total. The summed E-state index contributed by atoms with van der Waals surface area (Å²) in [7, 11) is 1.96. The summed E-state index contributed by atoms with van der Waals surface area (Å²) >= 11 is 0. The van der Waals surface area contributed by atoms with E-state index in [1.165, 1.54) is 44.2 Å². The van der Waals surface area contributed by atoms with E-state index in [1.54, 1.807) is 0 Å². The molecule has 0 aromatic carbocycles. The average molecular weight is 267 g/mol. The smallest absolute Gasteiger partial charge is 0.0945 e. The van der Waals surface area contributed by atoms with Crippen molar-refractivity contribution in [2.75, 3.05) is 13.7 Å². The molecule has 2 aliphatic carbocycles. The molecule has 0 aromatic heterocycles. The maximum atomic E-state index is 13.2. The van der Waals surface area contributed by atoms with Crippen LogP contribution in [0.4, 0.5) is 4.39 Å². The summed E-state index contributed by atoms with van der Waals surface area (Å²) in [4.78, 5) is 4.69. The minimum absolute atomic E-state index is 0.193. The normalized spacial score (nSPS) is 32.6. The molecule has 2 fully saturated rings. The molecule has 1 spiro atoms. The van der Waals surface area contributed by atoms with E-state index in [-0.39, 0.29) is 12.1 Å². The zero-order valence-corrected chi connectivity index (χ0v) is 13.1. The van der Waals surface area contributed by atoms with Crippen molar-refractivity contribution in [3.63, 3.8) is 0 Å².